The fraction of sp³-hybridized carbons (Fsp3) is 0.316. The van der Waals surface area contributed by atoms with E-state index in [4.69, 9.17) is 4.74 Å². The Morgan fingerprint density at radius 1 is 1.41 bits per heavy atom. The number of hydrogen-bond acceptors (Lipinski definition) is 6. The van der Waals surface area contributed by atoms with E-state index in [0.717, 1.165) is 22.3 Å². The van der Waals surface area contributed by atoms with Crippen molar-refractivity contribution in [2.24, 2.45) is 0 Å². The van der Waals surface area contributed by atoms with Crippen LogP contribution in [-0.2, 0) is 0 Å². The molecule has 2 N–H and O–H groups in total. The molecule has 140 valence electrons. The maximum atomic E-state index is 12.8. The van der Waals surface area contributed by atoms with Gasteiger partial charge in [-0.05, 0) is 30.7 Å². The zero-order chi connectivity index (χ0) is 18.6. The van der Waals surface area contributed by atoms with Crippen molar-refractivity contribution in [3.8, 4) is 5.75 Å². The molecular formula is C19H21N5O2S. The van der Waals surface area contributed by atoms with Gasteiger partial charge in [-0.15, -0.1) is 0 Å². The minimum atomic E-state index is -0.145. The van der Waals surface area contributed by atoms with Gasteiger partial charge in [-0.2, -0.15) is 0 Å². The Balaban J connectivity index is 1.44. The molecule has 1 fully saturated rings. The largest absolute Gasteiger partial charge is 0.490 e. The number of thiazole rings is 1. The van der Waals surface area contributed by atoms with E-state index in [-0.39, 0.29) is 12.1 Å². The highest BCUT2D eigenvalue weighted by atomic mass is 32.1. The van der Waals surface area contributed by atoms with Crippen LogP contribution < -0.4 is 15.4 Å². The summed E-state index contributed by atoms with van der Waals surface area (Å²) in [5, 5.41) is 6.89. The number of nitrogens with zero attached hydrogens (tertiary/aromatic N) is 3. The highest BCUT2D eigenvalue weighted by Crippen LogP contribution is 2.28. The van der Waals surface area contributed by atoms with Crippen molar-refractivity contribution < 1.29 is 9.53 Å². The van der Waals surface area contributed by atoms with Gasteiger partial charge in [0.1, 0.15) is 12.4 Å². The lowest BCUT2D eigenvalue weighted by atomic mass is 10.2. The lowest BCUT2D eigenvalue weighted by Gasteiger charge is -2.35. The van der Waals surface area contributed by atoms with Gasteiger partial charge in [-0.25, -0.2) is 9.78 Å². The number of carbonyl (C=O) groups is 1. The summed E-state index contributed by atoms with van der Waals surface area (Å²) in [5.74, 6) is 0.699. The van der Waals surface area contributed by atoms with Crippen LogP contribution in [0.1, 0.15) is 5.56 Å². The van der Waals surface area contributed by atoms with Gasteiger partial charge in [0.25, 0.3) is 0 Å². The summed E-state index contributed by atoms with van der Waals surface area (Å²) in [6.07, 6.45) is 3.37. The number of rotatable bonds is 4. The second-order valence-corrected chi connectivity index (χ2v) is 7.45. The van der Waals surface area contributed by atoms with E-state index in [0.29, 0.717) is 30.6 Å². The summed E-state index contributed by atoms with van der Waals surface area (Å²) in [4.78, 5) is 23.3. The molecule has 3 aromatic rings. The number of nitrogens with one attached hydrogen (secondary N) is 2. The summed E-state index contributed by atoms with van der Waals surface area (Å²) in [5.41, 5.74) is 2.05. The Kier molecular flexibility index (Phi) is 5.17. The van der Waals surface area contributed by atoms with Crippen LogP contribution in [0.2, 0.25) is 0 Å². The van der Waals surface area contributed by atoms with Gasteiger partial charge in [-0.3, -0.25) is 10.3 Å². The second kappa shape index (κ2) is 7.89. The van der Waals surface area contributed by atoms with Crippen molar-refractivity contribution >= 4 is 32.7 Å². The molecule has 1 unspecified atom stereocenters. The van der Waals surface area contributed by atoms with Crippen molar-refractivity contribution in [3.63, 3.8) is 0 Å². The predicted octanol–water partition coefficient (Wildman–Crippen LogP) is 2.88. The average molecular weight is 383 g/mol. The second-order valence-electron chi connectivity index (χ2n) is 6.42. The first kappa shape index (κ1) is 17.7. The maximum absolute atomic E-state index is 12.8. The van der Waals surface area contributed by atoms with E-state index in [1.54, 1.807) is 12.4 Å². The fourth-order valence-electron chi connectivity index (χ4n) is 3.11. The molecule has 2 amide bonds. The van der Waals surface area contributed by atoms with Gasteiger partial charge in [0.15, 0.2) is 5.13 Å². The molecule has 0 saturated carbocycles. The molecule has 0 radical (unpaired) electrons. The molecule has 0 aliphatic carbocycles. The Hall–Kier alpha value is -2.71. The third kappa shape index (κ3) is 4.01. The number of hydrogen-bond donors (Lipinski definition) is 2. The van der Waals surface area contributed by atoms with Gasteiger partial charge in [0.2, 0.25) is 0 Å². The molecule has 1 aliphatic heterocycles. The van der Waals surface area contributed by atoms with Crippen LogP contribution in [0.3, 0.4) is 0 Å². The molecule has 1 saturated heterocycles. The smallest absolute Gasteiger partial charge is 0.324 e. The standard InChI is InChI=1S/C19H21N5O2S/c1-13-4-2-6-16-17(13)22-18(27-16)23-19(25)24-9-8-21-10-14(24)12-26-15-5-3-7-20-11-15/h2-7,11,14,21H,8-10,12H2,1H3,(H,22,23,25). The molecule has 8 heteroatoms. The first-order chi connectivity index (χ1) is 13.2. The van der Waals surface area contributed by atoms with Crippen molar-refractivity contribution in [2.75, 3.05) is 31.6 Å². The van der Waals surface area contributed by atoms with Crippen molar-refractivity contribution in [1.29, 1.82) is 0 Å². The number of aryl methyl sites for hydroxylation is 1. The van der Waals surface area contributed by atoms with Gasteiger partial charge < -0.3 is 15.0 Å². The Labute approximate surface area is 161 Å². The molecule has 1 atom stereocenters. The Bertz CT molecular complexity index is 930. The Morgan fingerprint density at radius 2 is 2.33 bits per heavy atom. The number of amides is 2. The number of para-hydroxylation sites is 1. The number of aromatic nitrogens is 2. The van der Waals surface area contributed by atoms with Crippen molar-refractivity contribution in [1.82, 2.24) is 20.2 Å². The van der Waals surface area contributed by atoms with Crippen LogP contribution in [0.4, 0.5) is 9.93 Å². The van der Waals surface area contributed by atoms with E-state index >= 15 is 0 Å². The summed E-state index contributed by atoms with van der Waals surface area (Å²) < 4.78 is 6.87. The van der Waals surface area contributed by atoms with Gasteiger partial charge >= 0.3 is 6.03 Å². The number of fused-ring (bicyclic) bond motifs is 1. The molecular weight excluding hydrogens is 362 g/mol. The molecule has 27 heavy (non-hydrogen) atoms. The summed E-state index contributed by atoms with van der Waals surface area (Å²) >= 11 is 1.49. The van der Waals surface area contributed by atoms with Crippen LogP contribution in [0.5, 0.6) is 5.75 Å². The molecule has 7 nitrogen and oxygen atoms in total. The van der Waals surface area contributed by atoms with Crippen LogP contribution in [0, 0.1) is 6.92 Å². The number of benzene rings is 1. The number of anilines is 1. The summed E-state index contributed by atoms with van der Waals surface area (Å²) in [6.45, 7) is 4.50. The third-order valence-corrected chi connectivity index (χ3v) is 5.46. The first-order valence-corrected chi connectivity index (χ1v) is 9.69. The normalized spacial score (nSPS) is 17.1. The first-order valence-electron chi connectivity index (χ1n) is 8.88. The minimum Gasteiger partial charge on any atom is -0.490 e. The fourth-order valence-corrected chi connectivity index (χ4v) is 4.04. The molecule has 0 bridgehead atoms. The van der Waals surface area contributed by atoms with E-state index in [1.165, 1.54) is 11.3 Å². The van der Waals surface area contributed by atoms with Crippen molar-refractivity contribution in [3.05, 3.63) is 48.3 Å². The molecule has 1 aromatic carbocycles. The number of urea groups is 1. The predicted molar refractivity (Wildman–Crippen MR) is 106 cm³/mol. The van der Waals surface area contributed by atoms with Crippen molar-refractivity contribution in [2.45, 2.75) is 13.0 Å². The highest BCUT2D eigenvalue weighted by Gasteiger charge is 2.28. The molecule has 2 aromatic heterocycles. The van der Waals surface area contributed by atoms with E-state index in [1.807, 2.05) is 42.2 Å². The average Bonchev–Trinajstić information content (AvgIpc) is 3.11. The molecule has 4 rings (SSSR count). The van der Waals surface area contributed by atoms with Crippen LogP contribution in [-0.4, -0.2) is 53.2 Å². The van der Waals surface area contributed by atoms with E-state index in [2.05, 4.69) is 20.6 Å². The quantitative estimate of drug-likeness (QED) is 0.724. The molecule has 0 spiro atoms. The minimum absolute atomic E-state index is 0.0601. The number of ether oxygens (including phenoxy) is 1. The maximum Gasteiger partial charge on any atom is 0.324 e. The van der Waals surface area contributed by atoms with E-state index < -0.39 is 0 Å². The zero-order valence-electron chi connectivity index (χ0n) is 15.0. The monoisotopic (exact) mass is 383 g/mol. The Morgan fingerprint density at radius 3 is 3.15 bits per heavy atom. The van der Waals surface area contributed by atoms with Gasteiger partial charge in [0, 0.05) is 25.8 Å². The van der Waals surface area contributed by atoms with Gasteiger partial charge in [-0.1, -0.05) is 23.5 Å². The molecule has 3 heterocycles. The summed E-state index contributed by atoms with van der Waals surface area (Å²) in [6, 6.07) is 9.53. The zero-order valence-corrected chi connectivity index (χ0v) is 15.8. The van der Waals surface area contributed by atoms with Crippen LogP contribution in [0.25, 0.3) is 10.2 Å². The van der Waals surface area contributed by atoms with Gasteiger partial charge in [0.05, 0.1) is 22.5 Å². The highest BCUT2D eigenvalue weighted by molar-refractivity contribution is 7.22. The number of pyridine rings is 1. The SMILES string of the molecule is Cc1cccc2sc(NC(=O)N3CCNCC3COc3cccnc3)nc12. The topological polar surface area (TPSA) is 79.4 Å². The van der Waals surface area contributed by atoms with Crippen LogP contribution in [0.15, 0.2) is 42.7 Å². The summed E-state index contributed by atoms with van der Waals surface area (Å²) in [7, 11) is 0. The lowest BCUT2D eigenvalue weighted by Crippen LogP contribution is -2.57. The molecule has 1 aliphatic rings. The lowest BCUT2D eigenvalue weighted by molar-refractivity contribution is 0.133. The van der Waals surface area contributed by atoms with E-state index in [9.17, 15) is 4.79 Å². The number of piperazine rings is 1. The third-order valence-electron chi connectivity index (χ3n) is 4.52. The van der Waals surface area contributed by atoms with Crippen LogP contribution >= 0.6 is 11.3 Å². The number of carbonyl (C=O) groups excluding carboxylic acids is 1.